The van der Waals surface area contributed by atoms with Crippen LogP contribution < -0.4 is 10.1 Å². The summed E-state index contributed by atoms with van der Waals surface area (Å²) in [6.45, 7) is 1.21. The van der Waals surface area contributed by atoms with E-state index in [0.717, 1.165) is 43.4 Å². The second-order valence-electron chi connectivity index (χ2n) is 6.74. The van der Waals surface area contributed by atoms with Crippen LogP contribution in [0.3, 0.4) is 0 Å². The molecule has 1 heterocycles. The number of hydrogen-bond acceptors (Lipinski definition) is 4. The Bertz CT molecular complexity index is 551. The standard InChI is InChI=1S/C19H27NO4/c1-22-15-7-5-14(6-8-15)19(10-3-4-11-19)18(21)20-16-13-24-12-9-17(16)23-2/h5-8,16-17H,3-4,9-13H2,1-2H3,(H,20,21)/t16-,17-/m1/s1. The Labute approximate surface area is 143 Å². The zero-order valence-corrected chi connectivity index (χ0v) is 14.5. The molecule has 2 aliphatic rings. The second-order valence-corrected chi connectivity index (χ2v) is 6.74. The minimum absolute atomic E-state index is 0.0250. The van der Waals surface area contributed by atoms with Crippen LogP contribution in [0.4, 0.5) is 0 Å². The number of methoxy groups -OCH3 is 2. The fourth-order valence-electron chi connectivity index (χ4n) is 3.98. The first-order valence-electron chi connectivity index (χ1n) is 8.75. The summed E-state index contributed by atoms with van der Waals surface area (Å²) in [7, 11) is 3.35. The minimum Gasteiger partial charge on any atom is -0.497 e. The summed E-state index contributed by atoms with van der Waals surface area (Å²) in [6.07, 6.45) is 4.77. The van der Waals surface area contributed by atoms with Crippen molar-refractivity contribution in [3.05, 3.63) is 29.8 Å². The largest absolute Gasteiger partial charge is 0.497 e. The van der Waals surface area contributed by atoms with Gasteiger partial charge in [0.05, 0.1) is 31.3 Å². The molecule has 24 heavy (non-hydrogen) atoms. The fourth-order valence-corrected chi connectivity index (χ4v) is 3.98. The first kappa shape index (κ1) is 17.2. The van der Waals surface area contributed by atoms with Gasteiger partial charge in [-0.1, -0.05) is 25.0 Å². The van der Waals surface area contributed by atoms with E-state index in [1.807, 2.05) is 24.3 Å². The molecule has 1 amide bonds. The molecule has 5 heteroatoms. The average molecular weight is 333 g/mol. The van der Waals surface area contributed by atoms with Crippen molar-refractivity contribution in [2.45, 2.75) is 49.7 Å². The number of amides is 1. The van der Waals surface area contributed by atoms with Crippen LogP contribution in [-0.2, 0) is 19.7 Å². The predicted molar refractivity (Wildman–Crippen MR) is 91.3 cm³/mol. The van der Waals surface area contributed by atoms with Crippen LogP contribution in [0.15, 0.2) is 24.3 Å². The van der Waals surface area contributed by atoms with Crippen LogP contribution in [0, 0.1) is 0 Å². The molecular formula is C19H27NO4. The topological polar surface area (TPSA) is 56.8 Å². The molecular weight excluding hydrogens is 306 g/mol. The Morgan fingerprint density at radius 2 is 1.92 bits per heavy atom. The molecule has 1 aromatic rings. The normalized spacial score (nSPS) is 26.1. The van der Waals surface area contributed by atoms with Gasteiger partial charge in [0.15, 0.2) is 0 Å². The molecule has 5 nitrogen and oxygen atoms in total. The molecule has 2 fully saturated rings. The van der Waals surface area contributed by atoms with E-state index in [0.29, 0.717) is 13.2 Å². The predicted octanol–water partition coefficient (Wildman–Crippen LogP) is 2.43. The molecule has 132 valence electrons. The lowest BCUT2D eigenvalue weighted by atomic mass is 9.77. The van der Waals surface area contributed by atoms with Crippen LogP contribution in [0.25, 0.3) is 0 Å². The van der Waals surface area contributed by atoms with Crippen molar-refractivity contribution >= 4 is 5.91 Å². The van der Waals surface area contributed by atoms with Crippen LogP contribution in [0.1, 0.15) is 37.7 Å². The van der Waals surface area contributed by atoms with Gasteiger partial charge in [0.25, 0.3) is 0 Å². The molecule has 1 aliphatic carbocycles. The lowest BCUT2D eigenvalue weighted by Crippen LogP contribution is -2.55. The molecule has 0 unspecified atom stereocenters. The highest BCUT2D eigenvalue weighted by atomic mass is 16.5. The highest BCUT2D eigenvalue weighted by Crippen LogP contribution is 2.42. The van der Waals surface area contributed by atoms with Gasteiger partial charge in [-0.3, -0.25) is 4.79 Å². The van der Waals surface area contributed by atoms with Crippen molar-refractivity contribution in [2.75, 3.05) is 27.4 Å². The van der Waals surface area contributed by atoms with Crippen molar-refractivity contribution in [1.29, 1.82) is 0 Å². The Balaban J connectivity index is 1.80. The van der Waals surface area contributed by atoms with E-state index in [1.54, 1.807) is 14.2 Å². The molecule has 1 saturated heterocycles. The first-order valence-corrected chi connectivity index (χ1v) is 8.75. The number of hydrogen-bond donors (Lipinski definition) is 1. The highest BCUT2D eigenvalue weighted by molar-refractivity contribution is 5.89. The Morgan fingerprint density at radius 3 is 2.54 bits per heavy atom. The number of carbonyl (C=O) groups is 1. The highest BCUT2D eigenvalue weighted by Gasteiger charge is 2.44. The third kappa shape index (κ3) is 3.28. The van der Waals surface area contributed by atoms with E-state index in [-0.39, 0.29) is 18.1 Å². The molecule has 0 aromatic heterocycles. The summed E-state index contributed by atoms with van der Waals surface area (Å²) in [6, 6.07) is 7.84. The van der Waals surface area contributed by atoms with Crippen molar-refractivity contribution in [1.82, 2.24) is 5.32 Å². The quantitative estimate of drug-likeness (QED) is 0.899. The lowest BCUT2D eigenvalue weighted by molar-refractivity contribution is -0.130. The summed E-state index contributed by atoms with van der Waals surface area (Å²) < 4.78 is 16.3. The Kier molecular flexibility index (Phi) is 5.41. The summed E-state index contributed by atoms with van der Waals surface area (Å²) in [4.78, 5) is 13.2. The summed E-state index contributed by atoms with van der Waals surface area (Å²) >= 11 is 0. The molecule has 1 aromatic carbocycles. The van der Waals surface area contributed by atoms with E-state index in [1.165, 1.54) is 0 Å². The third-order valence-corrected chi connectivity index (χ3v) is 5.45. The van der Waals surface area contributed by atoms with Gasteiger partial charge in [0, 0.05) is 13.7 Å². The monoisotopic (exact) mass is 333 g/mol. The summed E-state index contributed by atoms with van der Waals surface area (Å²) in [5, 5.41) is 3.21. The van der Waals surface area contributed by atoms with Crippen LogP contribution in [-0.4, -0.2) is 45.5 Å². The van der Waals surface area contributed by atoms with Gasteiger partial charge in [0.2, 0.25) is 5.91 Å². The molecule has 0 bridgehead atoms. The molecule has 2 atom stereocenters. The first-order chi connectivity index (χ1) is 11.7. The number of nitrogens with one attached hydrogen (secondary N) is 1. The van der Waals surface area contributed by atoms with Gasteiger partial charge in [-0.05, 0) is 37.0 Å². The van der Waals surface area contributed by atoms with Crippen LogP contribution in [0.2, 0.25) is 0 Å². The number of benzene rings is 1. The van der Waals surface area contributed by atoms with Crippen molar-refractivity contribution in [2.24, 2.45) is 0 Å². The van der Waals surface area contributed by atoms with Crippen molar-refractivity contribution in [3.8, 4) is 5.75 Å². The maximum Gasteiger partial charge on any atom is 0.231 e. The van der Waals surface area contributed by atoms with Gasteiger partial charge in [-0.2, -0.15) is 0 Å². The number of rotatable bonds is 5. The summed E-state index contributed by atoms with van der Waals surface area (Å²) in [5.41, 5.74) is 0.631. The van der Waals surface area contributed by atoms with Gasteiger partial charge < -0.3 is 19.5 Å². The van der Waals surface area contributed by atoms with E-state index >= 15 is 0 Å². The molecule has 1 aliphatic heterocycles. The molecule has 3 rings (SSSR count). The SMILES string of the molecule is COc1ccc(C2(C(=O)N[C@@H]3COCC[C@H]3OC)CCCC2)cc1. The molecule has 1 N–H and O–H groups in total. The molecule has 0 spiro atoms. The Hall–Kier alpha value is -1.59. The molecule has 0 radical (unpaired) electrons. The number of carbonyl (C=O) groups excluding carboxylic acids is 1. The van der Waals surface area contributed by atoms with Gasteiger partial charge in [-0.15, -0.1) is 0 Å². The van der Waals surface area contributed by atoms with Crippen molar-refractivity contribution < 1.29 is 19.0 Å². The molecule has 1 saturated carbocycles. The maximum atomic E-state index is 13.2. The van der Waals surface area contributed by atoms with E-state index in [2.05, 4.69) is 5.32 Å². The van der Waals surface area contributed by atoms with E-state index in [4.69, 9.17) is 14.2 Å². The smallest absolute Gasteiger partial charge is 0.231 e. The summed E-state index contributed by atoms with van der Waals surface area (Å²) in [5.74, 6) is 0.912. The van der Waals surface area contributed by atoms with Crippen LogP contribution in [0.5, 0.6) is 5.75 Å². The maximum absolute atomic E-state index is 13.2. The minimum atomic E-state index is -0.442. The average Bonchev–Trinajstić information content (AvgIpc) is 3.13. The van der Waals surface area contributed by atoms with Gasteiger partial charge in [-0.25, -0.2) is 0 Å². The zero-order valence-electron chi connectivity index (χ0n) is 14.5. The Morgan fingerprint density at radius 1 is 1.21 bits per heavy atom. The third-order valence-electron chi connectivity index (χ3n) is 5.45. The van der Waals surface area contributed by atoms with Gasteiger partial charge in [0.1, 0.15) is 5.75 Å². The van der Waals surface area contributed by atoms with Gasteiger partial charge >= 0.3 is 0 Å². The van der Waals surface area contributed by atoms with Crippen molar-refractivity contribution in [3.63, 3.8) is 0 Å². The zero-order chi connectivity index (χ0) is 17.0. The van der Waals surface area contributed by atoms with E-state index in [9.17, 15) is 4.79 Å². The van der Waals surface area contributed by atoms with Crippen LogP contribution >= 0.6 is 0 Å². The second kappa shape index (κ2) is 7.53. The number of ether oxygens (including phenoxy) is 3. The van der Waals surface area contributed by atoms with E-state index < -0.39 is 5.41 Å². The lowest BCUT2D eigenvalue weighted by Gasteiger charge is -2.35. The fraction of sp³-hybridized carbons (Fsp3) is 0.632.